The SMILES string of the molecule is CC(C)(F)C(Cl)Cl. The van der Waals surface area contributed by atoms with Crippen molar-refractivity contribution in [3.8, 4) is 0 Å². The summed E-state index contributed by atoms with van der Waals surface area (Å²) in [5.74, 6) is 0. The van der Waals surface area contributed by atoms with Crippen LogP contribution in [0.1, 0.15) is 13.8 Å². The van der Waals surface area contributed by atoms with E-state index in [1.807, 2.05) is 0 Å². The van der Waals surface area contributed by atoms with Crippen LogP contribution < -0.4 is 0 Å². The second-order valence-corrected chi connectivity index (χ2v) is 2.96. The van der Waals surface area contributed by atoms with E-state index in [-0.39, 0.29) is 0 Å². The Hall–Kier alpha value is 0.510. The first-order valence-electron chi connectivity index (χ1n) is 1.91. The average Bonchev–Trinajstić information content (AvgIpc) is 1.31. The molecule has 0 aliphatic rings. The first-order valence-corrected chi connectivity index (χ1v) is 2.79. The Labute approximate surface area is 52.6 Å². The lowest BCUT2D eigenvalue weighted by Crippen LogP contribution is -2.20. The molecule has 3 heteroatoms. The van der Waals surface area contributed by atoms with Gasteiger partial charge >= 0.3 is 0 Å². The molecule has 0 heterocycles. The number of hydrogen-bond donors (Lipinski definition) is 0. The summed E-state index contributed by atoms with van der Waals surface area (Å²) >= 11 is 10.3. The van der Waals surface area contributed by atoms with Crippen LogP contribution in [-0.2, 0) is 0 Å². The lowest BCUT2D eigenvalue weighted by molar-refractivity contribution is 0.237. The summed E-state index contributed by atoms with van der Waals surface area (Å²) in [6.07, 6.45) is 0. The predicted molar refractivity (Wildman–Crippen MR) is 30.7 cm³/mol. The number of halogens is 3. The van der Waals surface area contributed by atoms with Crippen molar-refractivity contribution in [2.24, 2.45) is 0 Å². The molecule has 0 nitrogen and oxygen atoms in total. The van der Waals surface area contributed by atoms with Crippen LogP contribution >= 0.6 is 23.2 Å². The standard InChI is InChI=1S/C4H7Cl2F/c1-4(2,7)3(5)6/h3H,1-2H3. The Morgan fingerprint density at radius 2 is 1.57 bits per heavy atom. The molecule has 0 aromatic rings. The molecular formula is C4H7Cl2F. The fourth-order valence-corrected chi connectivity index (χ4v) is 0. The lowest BCUT2D eigenvalue weighted by Gasteiger charge is -2.13. The molecule has 0 aromatic heterocycles. The fourth-order valence-electron chi connectivity index (χ4n) is 0. The number of alkyl halides is 3. The molecular weight excluding hydrogens is 138 g/mol. The van der Waals surface area contributed by atoms with E-state index in [0.717, 1.165) is 0 Å². The van der Waals surface area contributed by atoms with Gasteiger partial charge in [0.05, 0.1) is 0 Å². The second kappa shape index (κ2) is 2.19. The highest BCUT2D eigenvalue weighted by atomic mass is 35.5. The summed E-state index contributed by atoms with van der Waals surface area (Å²) in [5, 5.41) is 0. The van der Waals surface area contributed by atoms with Crippen molar-refractivity contribution >= 4 is 23.2 Å². The van der Waals surface area contributed by atoms with Crippen molar-refractivity contribution in [3.05, 3.63) is 0 Å². The Balaban J connectivity index is 3.54. The largest absolute Gasteiger partial charge is 0.242 e. The minimum atomic E-state index is -1.47. The Morgan fingerprint density at radius 1 is 1.43 bits per heavy atom. The Morgan fingerprint density at radius 3 is 1.57 bits per heavy atom. The van der Waals surface area contributed by atoms with Gasteiger partial charge in [0, 0.05) is 0 Å². The summed E-state index contributed by atoms with van der Waals surface area (Å²) in [7, 11) is 0. The maximum Gasteiger partial charge on any atom is 0.141 e. The van der Waals surface area contributed by atoms with Crippen LogP contribution in [0.5, 0.6) is 0 Å². The molecule has 0 N–H and O–H groups in total. The molecule has 0 spiro atoms. The van der Waals surface area contributed by atoms with E-state index in [9.17, 15) is 4.39 Å². The fraction of sp³-hybridized carbons (Fsp3) is 1.00. The van der Waals surface area contributed by atoms with Crippen LogP contribution in [0.4, 0.5) is 4.39 Å². The second-order valence-electron chi connectivity index (χ2n) is 1.87. The van der Waals surface area contributed by atoms with Gasteiger partial charge in [0.2, 0.25) is 0 Å². The molecule has 7 heavy (non-hydrogen) atoms. The minimum absolute atomic E-state index is 0.924. The molecule has 0 fully saturated rings. The van der Waals surface area contributed by atoms with Crippen molar-refractivity contribution < 1.29 is 4.39 Å². The Bertz CT molecular complexity index is 55.2. The highest BCUT2D eigenvalue weighted by Gasteiger charge is 2.24. The highest BCUT2D eigenvalue weighted by Crippen LogP contribution is 2.22. The molecule has 0 rings (SSSR count). The van der Waals surface area contributed by atoms with E-state index in [0.29, 0.717) is 0 Å². The van der Waals surface area contributed by atoms with Crippen LogP contribution in [0.3, 0.4) is 0 Å². The zero-order valence-electron chi connectivity index (χ0n) is 4.21. The van der Waals surface area contributed by atoms with Crippen LogP contribution in [-0.4, -0.2) is 10.5 Å². The van der Waals surface area contributed by atoms with E-state index in [1.165, 1.54) is 13.8 Å². The Kier molecular flexibility index (Phi) is 2.34. The third-order valence-electron chi connectivity index (χ3n) is 0.519. The normalized spacial score (nSPS) is 12.9. The third kappa shape index (κ3) is 3.12. The maximum absolute atomic E-state index is 12.2. The van der Waals surface area contributed by atoms with Gasteiger partial charge < -0.3 is 0 Å². The summed E-state index contributed by atoms with van der Waals surface area (Å²) in [5.41, 5.74) is -1.47. The average molecular weight is 145 g/mol. The van der Waals surface area contributed by atoms with Gasteiger partial charge in [0.1, 0.15) is 10.5 Å². The number of rotatable bonds is 1. The van der Waals surface area contributed by atoms with E-state index < -0.39 is 10.5 Å². The van der Waals surface area contributed by atoms with Gasteiger partial charge in [-0.05, 0) is 13.8 Å². The van der Waals surface area contributed by atoms with Gasteiger partial charge in [-0.2, -0.15) is 0 Å². The van der Waals surface area contributed by atoms with Crippen molar-refractivity contribution in [3.63, 3.8) is 0 Å². The van der Waals surface area contributed by atoms with Crippen molar-refractivity contribution in [2.75, 3.05) is 0 Å². The minimum Gasteiger partial charge on any atom is -0.242 e. The monoisotopic (exact) mass is 144 g/mol. The maximum atomic E-state index is 12.2. The zero-order chi connectivity index (χ0) is 6.08. The van der Waals surface area contributed by atoms with Gasteiger partial charge in [0.25, 0.3) is 0 Å². The quantitative estimate of drug-likeness (QED) is 0.497. The van der Waals surface area contributed by atoms with E-state index in [4.69, 9.17) is 23.2 Å². The van der Waals surface area contributed by atoms with Crippen molar-refractivity contribution in [2.45, 2.75) is 24.4 Å². The molecule has 0 aliphatic carbocycles. The smallest absolute Gasteiger partial charge is 0.141 e. The molecule has 0 bridgehead atoms. The van der Waals surface area contributed by atoms with Gasteiger partial charge in [-0.3, -0.25) is 0 Å². The third-order valence-corrected chi connectivity index (χ3v) is 1.56. The van der Waals surface area contributed by atoms with Crippen molar-refractivity contribution in [1.82, 2.24) is 0 Å². The summed E-state index contributed by atoms with van der Waals surface area (Å²) < 4.78 is 12.2. The molecule has 0 atom stereocenters. The topological polar surface area (TPSA) is 0 Å². The number of hydrogen-bond acceptors (Lipinski definition) is 0. The summed E-state index contributed by atoms with van der Waals surface area (Å²) in [4.78, 5) is -0.924. The first-order chi connectivity index (χ1) is 2.94. The molecule has 0 aromatic carbocycles. The van der Waals surface area contributed by atoms with Gasteiger partial charge in [-0.15, -0.1) is 23.2 Å². The van der Waals surface area contributed by atoms with Crippen molar-refractivity contribution in [1.29, 1.82) is 0 Å². The van der Waals surface area contributed by atoms with E-state index in [1.54, 1.807) is 0 Å². The highest BCUT2D eigenvalue weighted by molar-refractivity contribution is 6.45. The molecule has 0 saturated carbocycles. The molecule has 44 valence electrons. The summed E-state index contributed by atoms with van der Waals surface area (Å²) in [6.45, 7) is 2.66. The van der Waals surface area contributed by atoms with Crippen LogP contribution in [0, 0.1) is 0 Å². The molecule has 0 amide bonds. The molecule has 0 unspecified atom stereocenters. The van der Waals surface area contributed by atoms with Gasteiger partial charge in [-0.1, -0.05) is 0 Å². The summed E-state index contributed by atoms with van der Waals surface area (Å²) in [6, 6.07) is 0. The van der Waals surface area contributed by atoms with Crippen LogP contribution in [0.15, 0.2) is 0 Å². The van der Waals surface area contributed by atoms with E-state index in [2.05, 4.69) is 0 Å². The predicted octanol–water partition coefficient (Wildman–Crippen LogP) is 2.54. The van der Waals surface area contributed by atoms with E-state index >= 15 is 0 Å². The molecule has 0 radical (unpaired) electrons. The van der Waals surface area contributed by atoms with Gasteiger partial charge in [-0.25, -0.2) is 4.39 Å². The zero-order valence-corrected chi connectivity index (χ0v) is 5.72. The first kappa shape index (κ1) is 7.51. The van der Waals surface area contributed by atoms with Crippen LogP contribution in [0.25, 0.3) is 0 Å². The molecule has 0 aliphatic heterocycles. The van der Waals surface area contributed by atoms with Gasteiger partial charge in [0.15, 0.2) is 0 Å². The van der Waals surface area contributed by atoms with Crippen LogP contribution in [0.2, 0.25) is 0 Å². The lowest BCUT2D eigenvalue weighted by atomic mass is 10.2. The molecule has 0 saturated heterocycles.